The van der Waals surface area contributed by atoms with Crippen molar-refractivity contribution >= 4 is 23.8 Å². The zero-order valence-corrected chi connectivity index (χ0v) is 14.9. The molecule has 6 nitrogen and oxygen atoms in total. The van der Waals surface area contributed by atoms with Crippen LogP contribution in [-0.4, -0.2) is 18.0 Å². The van der Waals surface area contributed by atoms with Crippen LogP contribution in [0.15, 0.2) is 71.1 Å². The number of rotatable bonds is 8. The summed E-state index contributed by atoms with van der Waals surface area (Å²) in [6.07, 6.45) is 0. The highest BCUT2D eigenvalue weighted by Crippen LogP contribution is 2.21. The van der Waals surface area contributed by atoms with Gasteiger partial charge in [0.1, 0.15) is 11.5 Å². The summed E-state index contributed by atoms with van der Waals surface area (Å²) in [5.41, 5.74) is 2.01. The van der Waals surface area contributed by atoms with Gasteiger partial charge < -0.3 is 15.1 Å². The normalized spacial score (nSPS) is 10.2. The molecule has 3 aromatic rings. The Hall–Kier alpha value is -2.83. The topological polar surface area (TPSA) is 80.3 Å². The molecule has 2 aromatic carbocycles. The number of nitrogens with zero attached hydrogens (tertiary/aromatic N) is 1. The van der Waals surface area contributed by atoms with Crippen LogP contribution in [0.4, 0.5) is 11.4 Å². The molecule has 0 bridgehead atoms. The lowest BCUT2D eigenvalue weighted by Gasteiger charge is -2.06. The first-order chi connectivity index (χ1) is 12.2. The molecule has 0 aliphatic heterocycles. The molecule has 0 fully saturated rings. The van der Waals surface area contributed by atoms with Crippen molar-refractivity contribution in [1.82, 2.24) is 5.32 Å². The second kappa shape index (κ2) is 9.60. The van der Waals surface area contributed by atoms with Gasteiger partial charge in [0.25, 0.3) is 5.69 Å². The molecule has 1 aromatic heterocycles. The van der Waals surface area contributed by atoms with E-state index >= 15 is 0 Å². The summed E-state index contributed by atoms with van der Waals surface area (Å²) >= 11 is 0. The molecule has 0 aliphatic rings. The van der Waals surface area contributed by atoms with Crippen LogP contribution in [0.1, 0.15) is 5.76 Å². The lowest BCUT2D eigenvalue weighted by molar-refractivity contribution is -0.384. The summed E-state index contributed by atoms with van der Waals surface area (Å²) in [7, 11) is 0. The van der Waals surface area contributed by atoms with Crippen LogP contribution in [0, 0.1) is 10.1 Å². The number of anilines is 1. The SMILES string of the molecule is Cl.O=[N+]([O-])c1ccc(NCCNCc2ccc(-c3ccccc3)o2)cc1. The predicted molar refractivity (Wildman–Crippen MR) is 105 cm³/mol. The van der Waals surface area contributed by atoms with E-state index in [1.165, 1.54) is 12.1 Å². The van der Waals surface area contributed by atoms with Crippen molar-refractivity contribution < 1.29 is 9.34 Å². The van der Waals surface area contributed by atoms with Gasteiger partial charge in [0.15, 0.2) is 0 Å². The van der Waals surface area contributed by atoms with Crippen molar-refractivity contribution in [2.24, 2.45) is 0 Å². The molecule has 2 N–H and O–H groups in total. The van der Waals surface area contributed by atoms with Crippen molar-refractivity contribution in [3.05, 3.63) is 82.6 Å². The fourth-order valence-corrected chi connectivity index (χ4v) is 2.44. The van der Waals surface area contributed by atoms with E-state index in [1.54, 1.807) is 12.1 Å². The number of nitro benzene ring substituents is 1. The number of hydrogen-bond donors (Lipinski definition) is 2. The number of hydrogen-bond acceptors (Lipinski definition) is 5. The molecule has 3 rings (SSSR count). The molecule has 0 unspecified atom stereocenters. The summed E-state index contributed by atoms with van der Waals surface area (Å²) in [5, 5.41) is 17.1. The number of halogens is 1. The number of non-ortho nitro benzene ring substituents is 1. The highest BCUT2D eigenvalue weighted by Gasteiger charge is 2.05. The fourth-order valence-electron chi connectivity index (χ4n) is 2.44. The minimum Gasteiger partial charge on any atom is -0.460 e. The lowest BCUT2D eigenvalue weighted by atomic mass is 10.2. The van der Waals surface area contributed by atoms with E-state index in [1.807, 2.05) is 42.5 Å². The van der Waals surface area contributed by atoms with Gasteiger partial charge in [0, 0.05) is 36.5 Å². The average molecular weight is 374 g/mol. The van der Waals surface area contributed by atoms with E-state index in [4.69, 9.17) is 4.42 Å². The van der Waals surface area contributed by atoms with Gasteiger partial charge in [-0.3, -0.25) is 10.1 Å². The minimum atomic E-state index is -0.404. The van der Waals surface area contributed by atoms with Crippen LogP contribution in [0.25, 0.3) is 11.3 Å². The zero-order chi connectivity index (χ0) is 17.5. The van der Waals surface area contributed by atoms with Gasteiger partial charge in [-0.25, -0.2) is 0 Å². The minimum absolute atomic E-state index is 0. The quantitative estimate of drug-likeness (QED) is 0.345. The average Bonchev–Trinajstić information content (AvgIpc) is 3.11. The van der Waals surface area contributed by atoms with Crippen LogP contribution >= 0.6 is 12.4 Å². The Labute approximate surface area is 157 Å². The summed E-state index contributed by atoms with van der Waals surface area (Å²) < 4.78 is 5.82. The fraction of sp³-hybridized carbons (Fsp3) is 0.158. The van der Waals surface area contributed by atoms with Gasteiger partial charge in [-0.15, -0.1) is 12.4 Å². The van der Waals surface area contributed by atoms with Gasteiger partial charge in [-0.2, -0.15) is 0 Å². The molecule has 0 aliphatic carbocycles. The van der Waals surface area contributed by atoms with Gasteiger partial charge in [-0.1, -0.05) is 30.3 Å². The maximum absolute atomic E-state index is 10.6. The molecule has 136 valence electrons. The van der Waals surface area contributed by atoms with Crippen LogP contribution in [0.3, 0.4) is 0 Å². The Balaban J connectivity index is 0.00000243. The van der Waals surface area contributed by atoms with Crippen molar-refractivity contribution in [3.8, 4) is 11.3 Å². The van der Waals surface area contributed by atoms with E-state index in [0.29, 0.717) is 13.1 Å². The van der Waals surface area contributed by atoms with Crippen LogP contribution < -0.4 is 10.6 Å². The smallest absolute Gasteiger partial charge is 0.269 e. The number of nitro groups is 1. The first-order valence-corrected chi connectivity index (χ1v) is 8.05. The molecule has 0 spiro atoms. The molecule has 0 radical (unpaired) electrons. The number of furan rings is 1. The van der Waals surface area contributed by atoms with E-state index in [0.717, 1.165) is 29.3 Å². The largest absolute Gasteiger partial charge is 0.460 e. The molecular formula is C19H20ClN3O3. The highest BCUT2D eigenvalue weighted by molar-refractivity contribution is 5.85. The summed E-state index contributed by atoms with van der Waals surface area (Å²) in [4.78, 5) is 10.2. The molecule has 0 saturated heterocycles. The van der Waals surface area contributed by atoms with Gasteiger partial charge in [-0.05, 0) is 24.3 Å². The van der Waals surface area contributed by atoms with E-state index in [2.05, 4.69) is 10.6 Å². The number of benzene rings is 2. The Morgan fingerprint density at radius 2 is 1.65 bits per heavy atom. The van der Waals surface area contributed by atoms with Crippen LogP contribution in [0.2, 0.25) is 0 Å². The first-order valence-electron chi connectivity index (χ1n) is 8.05. The van der Waals surface area contributed by atoms with Gasteiger partial charge in [0.2, 0.25) is 0 Å². The zero-order valence-electron chi connectivity index (χ0n) is 14.1. The third kappa shape index (κ3) is 5.34. The first kappa shape index (κ1) is 19.5. The third-order valence-electron chi connectivity index (χ3n) is 3.73. The second-order valence-electron chi connectivity index (χ2n) is 5.54. The molecule has 26 heavy (non-hydrogen) atoms. The van der Waals surface area contributed by atoms with Crippen molar-refractivity contribution in [2.45, 2.75) is 6.54 Å². The van der Waals surface area contributed by atoms with E-state index < -0.39 is 4.92 Å². The second-order valence-corrected chi connectivity index (χ2v) is 5.54. The summed E-state index contributed by atoms with van der Waals surface area (Å²) in [5.74, 6) is 1.75. The maximum atomic E-state index is 10.6. The number of nitrogens with one attached hydrogen (secondary N) is 2. The van der Waals surface area contributed by atoms with Crippen molar-refractivity contribution in [1.29, 1.82) is 0 Å². The van der Waals surface area contributed by atoms with E-state index in [-0.39, 0.29) is 18.1 Å². The summed E-state index contributed by atoms with van der Waals surface area (Å²) in [6, 6.07) is 20.3. The molecule has 0 atom stereocenters. The lowest BCUT2D eigenvalue weighted by Crippen LogP contribution is -2.21. The van der Waals surface area contributed by atoms with E-state index in [9.17, 15) is 10.1 Å². The molecule has 0 amide bonds. The van der Waals surface area contributed by atoms with Crippen LogP contribution in [0.5, 0.6) is 0 Å². The molecule has 0 saturated carbocycles. The summed E-state index contributed by atoms with van der Waals surface area (Å²) in [6.45, 7) is 2.11. The third-order valence-corrected chi connectivity index (χ3v) is 3.73. The van der Waals surface area contributed by atoms with Gasteiger partial charge >= 0.3 is 0 Å². The van der Waals surface area contributed by atoms with Crippen molar-refractivity contribution in [3.63, 3.8) is 0 Å². The van der Waals surface area contributed by atoms with Gasteiger partial charge in [0.05, 0.1) is 11.5 Å². The molecule has 1 heterocycles. The predicted octanol–water partition coefficient (Wildman–Crippen LogP) is 4.48. The standard InChI is InChI=1S/C19H19N3O3.ClH/c23-22(24)17-8-6-16(7-9-17)21-13-12-20-14-18-10-11-19(25-18)15-4-2-1-3-5-15;/h1-11,20-21H,12-14H2;1H. The Kier molecular flexibility index (Phi) is 7.20. The molecule has 7 heteroatoms. The Morgan fingerprint density at radius 3 is 2.35 bits per heavy atom. The van der Waals surface area contributed by atoms with Crippen molar-refractivity contribution in [2.75, 3.05) is 18.4 Å². The Morgan fingerprint density at radius 1 is 0.923 bits per heavy atom. The Bertz CT molecular complexity index is 820. The highest BCUT2D eigenvalue weighted by atomic mass is 35.5. The van der Waals surface area contributed by atoms with Crippen LogP contribution in [-0.2, 0) is 6.54 Å². The molecular weight excluding hydrogens is 354 g/mol. The maximum Gasteiger partial charge on any atom is 0.269 e. The monoisotopic (exact) mass is 373 g/mol.